The minimum absolute atomic E-state index is 0.281. The molecule has 2 rings (SSSR count). The average molecular weight is 276 g/mol. The number of rotatable bonds is 3. The van der Waals surface area contributed by atoms with Gasteiger partial charge in [0.2, 0.25) is 10.0 Å². The topological polar surface area (TPSA) is 68.1 Å². The van der Waals surface area contributed by atoms with Gasteiger partial charge in [-0.25, -0.2) is 8.42 Å². The molecule has 8 heteroatoms. The Labute approximate surface area is 105 Å². The summed E-state index contributed by atoms with van der Waals surface area (Å²) in [4.78, 5) is 0. The van der Waals surface area contributed by atoms with Gasteiger partial charge in [-0.15, -0.1) is 22.0 Å². The molecule has 0 aromatic carbocycles. The first-order chi connectivity index (χ1) is 7.89. The maximum atomic E-state index is 11.4. The molecule has 0 radical (unpaired) electrons. The first-order valence-electron chi connectivity index (χ1n) is 5.34. The third kappa shape index (κ3) is 2.63. The molecule has 1 aliphatic heterocycles. The molecule has 0 fully saturated rings. The van der Waals surface area contributed by atoms with Crippen molar-refractivity contribution < 1.29 is 8.42 Å². The van der Waals surface area contributed by atoms with Crippen LogP contribution < -0.4 is 0 Å². The molecule has 0 saturated carbocycles. The fourth-order valence-corrected chi connectivity index (χ4v) is 3.04. The van der Waals surface area contributed by atoms with Gasteiger partial charge in [-0.1, -0.05) is 0 Å². The Morgan fingerprint density at radius 3 is 2.88 bits per heavy atom. The van der Waals surface area contributed by atoms with E-state index in [0.717, 1.165) is 23.9 Å². The van der Waals surface area contributed by atoms with Crippen LogP contribution in [0, 0.1) is 0 Å². The molecule has 1 atom stereocenters. The van der Waals surface area contributed by atoms with E-state index in [0.29, 0.717) is 5.25 Å². The number of hydrogen-bond acceptors (Lipinski definition) is 5. The fourth-order valence-electron chi connectivity index (χ4n) is 1.72. The van der Waals surface area contributed by atoms with Crippen LogP contribution in [0.1, 0.15) is 23.8 Å². The molecular formula is C9H16N4O2S2. The minimum atomic E-state index is -3.17. The zero-order valence-corrected chi connectivity index (χ0v) is 11.8. The summed E-state index contributed by atoms with van der Waals surface area (Å²) in [5.41, 5.74) is 0. The van der Waals surface area contributed by atoms with Crippen LogP contribution in [0.5, 0.6) is 0 Å². The summed E-state index contributed by atoms with van der Waals surface area (Å²) in [5, 5.41) is 8.57. The van der Waals surface area contributed by atoms with E-state index in [2.05, 4.69) is 17.1 Å². The van der Waals surface area contributed by atoms with Crippen LogP contribution in [0.25, 0.3) is 0 Å². The Morgan fingerprint density at radius 2 is 2.24 bits per heavy atom. The number of hydrogen-bond donors (Lipinski definition) is 0. The van der Waals surface area contributed by atoms with Gasteiger partial charge in [-0.05, 0) is 6.92 Å². The van der Waals surface area contributed by atoms with E-state index in [9.17, 15) is 8.42 Å². The molecule has 0 saturated heterocycles. The highest BCUT2D eigenvalue weighted by molar-refractivity contribution is 7.99. The van der Waals surface area contributed by atoms with E-state index < -0.39 is 10.0 Å². The highest BCUT2D eigenvalue weighted by Gasteiger charge is 2.24. The average Bonchev–Trinajstić information content (AvgIpc) is 2.62. The van der Waals surface area contributed by atoms with E-state index in [4.69, 9.17) is 0 Å². The van der Waals surface area contributed by atoms with Gasteiger partial charge in [0, 0.05) is 19.3 Å². The molecule has 1 aromatic rings. The van der Waals surface area contributed by atoms with Gasteiger partial charge in [0.05, 0.1) is 18.1 Å². The molecule has 0 N–H and O–H groups in total. The van der Waals surface area contributed by atoms with E-state index in [1.807, 2.05) is 16.3 Å². The molecule has 0 bridgehead atoms. The molecule has 1 unspecified atom stereocenters. The van der Waals surface area contributed by atoms with Gasteiger partial charge >= 0.3 is 0 Å². The maximum absolute atomic E-state index is 11.4. The quantitative estimate of drug-likeness (QED) is 0.803. The molecule has 2 heterocycles. The van der Waals surface area contributed by atoms with Crippen LogP contribution in [-0.4, -0.2) is 46.5 Å². The van der Waals surface area contributed by atoms with Crippen molar-refractivity contribution in [3.63, 3.8) is 0 Å². The molecule has 0 aliphatic carbocycles. The number of nitrogens with zero attached hydrogens (tertiary/aromatic N) is 4. The summed E-state index contributed by atoms with van der Waals surface area (Å²) < 4.78 is 26.0. The van der Waals surface area contributed by atoms with Crippen LogP contribution in [0.3, 0.4) is 0 Å². The van der Waals surface area contributed by atoms with Crippen molar-refractivity contribution in [2.45, 2.75) is 25.3 Å². The third-order valence-corrected chi connectivity index (χ3v) is 5.22. The number of fused-ring (bicyclic) bond motifs is 1. The zero-order valence-electron chi connectivity index (χ0n) is 10.1. The van der Waals surface area contributed by atoms with Crippen LogP contribution in [0.4, 0.5) is 0 Å². The van der Waals surface area contributed by atoms with Crippen molar-refractivity contribution in [1.29, 1.82) is 0 Å². The molecule has 0 amide bonds. The number of aromatic nitrogens is 3. The summed E-state index contributed by atoms with van der Waals surface area (Å²) in [6.07, 6.45) is 1.19. The zero-order chi connectivity index (χ0) is 12.6. The van der Waals surface area contributed by atoms with Gasteiger partial charge in [0.15, 0.2) is 0 Å². The van der Waals surface area contributed by atoms with E-state index >= 15 is 0 Å². The van der Waals surface area contributed by atoms with E-state index in [-0.39, 0.29) is 6.54 Å². The number of thioether (sulfide) groups is 1. The van der Waals surface area contributed by atoms with Crippen LogP contribution >= 0.6 is 11.8 Å². The van der Waals surface area contributed by atoms with Crippen molar-refractivity contribution in [1.82, 2.24) is 19.1 Å². The summed E-state index contributed by atoms with van der Waals surface area (Å²) in [6.45, 7) is 3.22. The lowest BCUT2D eigenvalue weighted by Gasteiger charge is -2.21. The number of sulfonamides is 1. The van der Waals surface area contributed by atoms with Gasteiger partial charge in [-0.3, -0.25) is 0 Å². The lowest BCUT2D eigenvalue weighted by molar-refractivity contribution is 0.450. The summed E-state index contributed by atoms with van der Waals surface area (Å²) >= 11 is 1.84. The van der Waals surface area contributed by atoms with Crippen molar-refractivity contribution in [2.75, 3.05) is 19.1 Å². The van der Waals surface area contributed by atoms with Crippen molar-refractivity contribution in [2.24, 2.45) is 0 Å². The SMILES string of the molecule is CC1SCCn2c(CN(C)S(C)(=O)=O)nnc21. The Hall–Kier alpha value is -0.600. The fraction of sp³-hybridized carbons (Fsp3) is 0.778. The standard InChI is InChI=1S/C9H16N4O2S2/c1-7-9-11-10-8(13(9)4-5-16-7)6-12(2)17(3,14)15/h7H,4-6H2,1-3H3. The molecule has 1 aliphatic rings. The van der Waals surface area contributed by atoms with Gasteiger partial charge in [0.25, 0.3) is 0 Å². The Balaban J connectivity index is 2.24. The third-order valence-electron chi connectivity index (χ3n) is 2.83. The summed E-state index contributed by atoms with van der Waals surface area (Å²) in [6, 6.07) is 0. The molecule has 96 valence electrons. The normalized spacial score (nSPS) is 20.6. The second kappa shape index (κ2) is 4.58. The lowest BCUT2D eigenvalue weighted by atomic mass is 10.4. The highest BCUT2D eigenvalue weighted by Crippen LogP contribution is 2.31. The predicted octanol–water partition coefficient (Wildman–Crippen LogP) is 0.477. The molecule has 17 heavy (non-hydrogen) atoms. The van der Waals surface area contributed by atoms with E-state index in [1.165, 1.54) is 10.6 Å². The minimum Gasteiger partial charge on any atom is -0.312 e. The Bertz CT molecular complexity index is 511. The molecule has 6 nitrogen and oxygen atoms in total. The van der Waals surface area contributed by atoms with Crippen LogP contribution in [0.2, 0.25) is 0 Å². The Kier molecular flexibility index (Phi) is 3.46. The van der Waals surface area contributed by atoms with Gasteiger partial charge < -0.3 is 4.57 Å². The van der Waals surface area contributed by atoms with Crippen LogP contribution in [-0.2, 0) is 23.1 Å². The first-order valence-corrected chi connectivity index (χ1v) is 8.24. The lowest BCUT2D eigenvalue weighted by Crippen LogP contribution is -2.27. The molecule has 0 spiro atoms. The van der Waals surface area contributed by atoms with Crippen molar-refractivity contribution >= 4 is 21.8 Å². The predicted molar refractivity (Wildman–Crippen MR) is 67.2 cm³/mol. The van der Waals surface area contributed by atoms with Gasteiger partial charge in [0.1, 0.15) is 11.6 Å². The second-order valence-corrected chi connectivity index (χ2v) is 7.70. The van der Waals surface area contributed by atoms with Crippen LogP contribution in [0.15, 0.2) is 0 Å². The molecular weight excluding hydrogens is 260 g/mol. The second-order valence-electron chi connectivity index (χ2n) is 4.16. The smallest absolute Gasteiger partial charge is 0.211 e. The first kappa shape index (κ1) is 12.8. The monoisotopic (exact) mass is 276 g/mol. The largest absolute Gasteiger partial charge is 0.312 e. The highest BCUT2D eigenvalue weighted by atomic mass is 32.2. The Morgan fingerprint density at radius 1 is 1.53 bits per heavy atom. The maximum Gasteiger partial charge on any atom is 0.211 e. The van der Waals surface area contributed by atoms with Crippen molar-refractivity contribution in [3.8, 4) is 0 Å². The van der Waals surface area contributed by atoms with Crippen molar-refractivity contribution in [3.05, 3.63) is 11.6 Å². The summed E-state index contributed by atoms with van der Waals surface area (Å²) in [5.74, 6) is 2.68. The molecule has 1 aromatic heterocycles. The summed E-state index contributed by atoms with van der Waals surface area (Å²) in [7, 11) is -1.62. The van der Waals surface area contributed by atoms with E-state index in [1.54, 1.807) is 7.05 Å². The van der Waals surface area contributed by atoms with Gasteiger partial charge in [-0.2, -0.15) is 4.31 Å².